The molecule has 1 atom stereocenters. The first-order valence-electron chi connectivity index (χ1n) is 9.08. The summed E-state index contributed by atoms with van der Waals surface area (Å²) in [4.78, 5) is 15.1. The van der Waals surface area contributed by atoms with E-state index in [0.717, 1.165) is 11.1 Å². The molecule has 2 heterocycles. The molecule has 1 unspecified atom stereocenters. The lowest BCUT2D eigenvalue weighted by atomic mass is 9.99. The zero-order valence-corrected chi connectivity index (χ0v) is 15.9. The van der Waals surface area contributed by atoms with Crippen LogP contribution in [0.15, 0.2) is 65.3 Å². The Labute approximate surface area is 166 Å². The number of aromatic hydroxyl groups is 1. The van der Waals surface area contributed by atoms with Crippen molar-refractivity contribution in [3.8, 4) is 5.75 Å². The monoisotopic (exact) mass is 389 g/mol. The zero-order valence-electron chi connectivity index (χ0n) is 15.9. The van der Waals surface area contributed by atoms with Gasteiger partial charge in [-0.25, -0.2) is 4.98 Å². The predicted molar refractivity (Wildman–Crippen MR) is 110 cm³/mol. The van der Waals surface area contributed by atoms with Crippen molar-refractivity contribution in [1.82, 2.24) is 4.98 Å². The van der Waals surface area contributed by atoms with E-state index in [1.54, 1.807) is 25.3 Å². The van der Waals surface area contributed by atoms with E-state index in [4.69, 9.17) is 4.42 Å². The molecular formula is C22H19N3O4. The number of pyridine rings is 1. The Morgan fingerprint density at radius 3 is 2.62 bits per heavy atom. The van der Waals surface area contributed by atoms with Gasteiger partial charge in [-0.15, -0.1) is 0 Å². The minimum Gasteiger partial charge on any atom is -0.505 e. The number of non-ortho nitro benzene ring substituents is 1. The van der Waals surface area contributed by atoms with E-state index in [-0.39, 0.29) is 11.4 Å². The first kappa shape index (κ1) is 18.5. The minimum atomic E-state index is -0.503. The number of anilines is 1. The molecule has 0 spiro atoms. The number of aromatic nitrogens is 1. The summed E-state index contributed by atoms with van der Waals surface area (Å²) in [6.07, 6.45) is 1.56. The van der Waals surface area contributed by atoms with Crippen LogP contribution in [0.3, 0.4) is 0 Å². The van der Waals surface area contributed by atoms with Crippen molar-refractivity contribution in [2.75, 3.05) is 5.32 Å². The van der Waals surface area contributed by atoms with E-state index in [1.165, 1.54) is 12.1 Å². The lowest BCUT2D eigenvalue weighted by Gasteiger charge is -2.21. The average molecular weight is 389 g/mol. The maximum atomic E-state index is 11.0. The van der Waals surface area contributed by atoms with Crippen LogP contribution in [-0.4, -0.2) is 15.0 Å². The number of benzene rings is 2. The number of nitrogens with one attached hydrogen (secondary N) is 1. The normalized spacial score (nSPS) is 12.1. The van der Waals surface area contributed by atoms with Crippen molar-refractivity contribution >= 4 is 22.3 Å². The van der Waals surface area contributed by atoms with Gasteiger partial charge < -0.3 is 14.8 Å². The molecular weight excluding hydrogens is 370 g/mol. The fourth-order valence-electron chi connectivity index (χ4n) is 3.36. The Morgan fingerprint density at radius 2 is 1.93 bits per heavy atom. The molecule has 2 N–H and O–H groups in total. The number of hydrogen-bond donors (Lipinski definition) is 2. The first-order chi connectivity index (χ1) is 13.9. The highest BCUT2D eigenvalue weighted by Crippen LogP contribution is 2.37. The molecule has 0 aliphatic heterocycles. The van der Waals surface area contributed by atoms with Gasteiger partial charge in [0.1, 0.15) is 23.1 Å². The molecule has 4 rings (SSSR count). The van der Waals surface area contributed by atoms with Crippen molar-refractivity contribution < 1.29 is 14.4 Å². The molecule has 0 saturated carbocycles. The molecule has 0 aliphatic rings. The highest BCUT2D eigenvalue weighted by molar-refractivity contribution is 5.86. The number of nitro groups is 1. The van der Waals surface area contributed by atoms with Gasteiger partial charge in [0.25, 0.3) is 5.69 Å². The summed E-state index contributed by atoms with van der Waals surface area (Å²) >= 11 is 0. The molecule has 146 valence electrons. The zero-order chi connectivity index (χ0) is 20.5. The van der Waals surface area contributed by atoms with Gasteiger partial charge in [0.05, 0.1) is 11.2 Å². The van der Waals surface area contributed by atoms with Crippen molar-refractivity contribution in [2.45, 2.75) is 19.9 Å². The van der Waals surface area contributed by atoms with Crippen LogP contribution in [-0.2, 0) is 0 Å². The quantitative estimate of drug-likeness (QED) is 0.357. The second kappa shape index (κ2) is 7.27. The largest absolute Gasteiger partial charge is 0.505 e. The summed E-state index contributed by atoms with van der Waals surface area (Å²) in [6.45, 7) is 3.66. The Hall–Kier alpha value is -3.87. The third-order valence-corrected chi connectivity index (χ3v) is 4.87. The van der Waals surface area contributed by atoms with E-state index in [2.05, 4.69) is 10.3 Å². The number of aryl methyl sites for hydroxylation is 2. The second-order valence-corrected chi connectivity index (χ2v) is 6.88. The number of fused-ring (bicyclic) bond motifs is 1. The molecule has 2 aromatic carbocycles. The molecule has 0 aliphatic carbocycles. The Bertz CT molecular complexity index is 1200. The summed E-state index contributed by atoms with van der Waals surface area (Å²) in [5, 5.41) is 26.2. The summed E-state index contributed by atoms with van der Waals surface area (Å²) in [6, 6.07) is 15.2. The van der Waals surface area contributed by atoms with Gasteiger partial charge in [0, 0.05) is 34.5 Å². The van der Waals surface area contributed by atoms with Crippen molar-refractivity contribution in [3.63, 3.8) is 0 Å². The number of nitrogens with zero attached hydrogens (tertiary/aromatic N) is 2. The fourth-order valence-corrected chi connectivity index (χ4v) is 3.36. The molecule has 0 radical (unpaired) electrons. The van der Waals surface area contributed by atoms with Crippen LogP contribution in [0.2, 0.25) is 0 Å². The number of hydrogen-bond acceptors (Lipinski definition) is 6. The van der Waals surface area contributed by atoms with Crippen LogP contribution in [0.4, 0.5) is 11.4 Å². The van der Waals surface area contributed by atoms with Crippen LogP contribution in [0.25, 0.3) is 10.9 Å². The van der Waals surface area contributed by atoms with Gasteiger partial charge in [-0.3, -0.25) is 10.1 Å². The lowest BCUT2D eigenvalue weighted by molar-refractivity contribution is -0.384. The van der Waals surface area contributed by atoms with Crippen LogP contribution in [0, 0.1) is 24.0 Å². The SMILES string of the molecule is Cc1ccc2ccc(C(Nc3ccc([N+](=O)[O-])cc3C)c3ccco3)c(O)c2n1. The van der Waals surface area contributed by atoms with Crippen LogP contribution in [0.1, 0.15) is 28.6 Å². The molecule has 2 aromatic heterocycles. The number of nitro benzene ring substituents is 1. The lowest BCUT2D eigenvalue weighted by Crippen LogP contribution is -2.13. The maximum absolute atomic E-state index is 11.0. The Morgan fingerprint density at radius 1 is 1.14 bits per heavy atom. The van der Waals surface area contributed by atoms with Crippen LogP contribution >= 0.6 is 0 Å². The third-order valence-electron chi connectivity index (χ3n) is 4.87. The molecule has 7 heteroatoms. The van der Waals surface area contributed by atoms with Gasteiger partial charge in [0.2, 0.25) is 0 Å². The van der Waals surface area contributed by atoms with E-state index >= 15 is 0 Å². The molecule has 0 fully saturated rings. The highest BCUT2D eigenvalue weighted by Gasteiger charge is 2.23. The fraction of sp³-hybridized carbons (Fsp3) is 0.136. The molecule has 29 heavy (non-hydrogen) atoms. The number of rotatable bonds is 5. The van der Waals surface area contributed by atoms with Gasteiger partial charge >= 0.3 is 0 Å². The van der Waals surface area contributed by atoms with E-state index in [9.17, 15) is 15.2 Å². The predicted octanol–water partition coefficient (Wildman–Crippen LogP) is 5.26. The summed E-state index contributed by atoms with van der Waals surface area (Å²) in [5.74, 6) is 0.671. The minimum absolute atomic E-state index is 0.0239. The van der Waals surface area contributed by atoms with Crippen LogP contribution < -0.4 is 5.32 Å². The first-order valence-corrected chi connectivity index (χ1v) is 9.08. The van der Waals surface area contributed by atoms with Gasteiger partial charge in [-0.05, 0) is 43.7 Å². The van der Waals surface area contributed by atoms with E-state index in [1.807, 2.05) is 37.3 Å². The van der Waals surface area contributed by atoms with Gasteiger partial charge in [-0.2, -0.15) is 0 Å². The van der Waals surface area contributed by atoms with Crippen molar-refractivity contribution in [3.05, 3.63) is 93.6 Å². The van der Waals surface area contributed by atoms with Gasteiger partial charge in [-0.1, -0.05) is 18.2 Å². The number of phenols is 1. The summed E-state index contributed by atoms with van der Waals surface area (Å²) < 4.78 is 5.61. The van der Waals surface area contributed by atoms with Gasteiger partial charge in [0.15, 0.2) is 0 Å². The maximum Gasteiger partial charge on any atom is 0.269 e. The molecule has 0 bridgehead atoms. The standard InChI is InChI=1S/C22H19N3O4/c1-13-12-16(25(27)28)8-10-18(13)24-21(19-4-3-11-29-19)17-9-7-15-6-5-14(2)23-20(15)22(17)26/h3-12,21,24,26H,1-2H3. The molecule has 4 aromatic rings. The number of phenolic OH excluding ortho intramolecular Hbond substituents is 1. The smallest absolute Gasteiger partial charge is 0.269 e. The molecule has 7 nitrogen and oxygen atoms in total. The Kier molecular flexibility index (Phi) is 4.64. The molecule has 0 saturated heterocycles. The van der Waals surface area contributed by atoms with Crippen LogP contribution in [0.5, 0.6) is 5.75 Å². The molecule has 0 amide bonds. The summed E-state index contributed by atoms with van der Waals surface area (Å²) in [7, 11) is 0. The second-order valence-electron chi connectivity index (χ2n) is 6.88. The topological polar surface area (TPSA) is 101 Å². The van der Waals surface area contributed by atoms with E-state index in [0.29, 0.717) is 28.1 Å². The highest BCUT2D eigenvalue weighted by atomic mass is 16.6. The number of furan rings is 1. The third kappa shape index (κ3) is 3.50. The Balaban J connectivity index is 1.81. The van der Waals surface area contributed by atoms with E-state index < -0.39 is 11.0 Å². The average Bonchev–Trinajstić information content (AvgIpc) is 3.23. The van der Waals surface area contributed by atoms with Crippen molar-refractivity contribution in [1.29, 1.82) is 0 Å². The summed E-state index contributed by atoms with van der Waals surface area (Å²) in [5.41, 5.74) is 3.36. The van der Waals surface area contributed by atoms with Crippen molar-refractivity contribution in [2.24, 2.45) is 0 Å².